The number of carbonyl (C=O) groups is 1. The van der Waals surface area contributed by atoms with Crippen LogP contribution >= 0.6 is 11.6 Å². The minimum absolute atomic E-state index is 0.0412. The summed E-state index contributed by atoms with van der Waals surface area (Å²) in [6.07, 6.45) is 1.15. The van der Waals surface area contributed by atoms with Crippen molar-refractivity contribution in [1.29, 1.82) is 0 Å². The highest BCUT2D eigenvalue weighted by molar-refractivity contribution is 6.31. The molecule has 1 aliphatic carbocycles. The first-order chi connectivity index (χ1) is 13.2. The zero-order valence-electron chi connectivity index (χ0n) is 16.6. The van der Waals surface area contributed by atoms with E-state index in [1.807, 2.05) is 31.0 Å². The first-order valence-electron chi connectivity index (χ1n) is 9.48. The summed E-state index contributed by atoms with van der Waals surface area (Å²) in [5.74, 6) is -0.357. The van der Waals surface area contributed by atoms with Crippen LogP contribution in [0, 0.1) is 18.2 Å². The molecule has 0 saturated carbocycles. The van der Waals surface area contributed by atoms with Gasteiger partial charge in [-0.05, 0) is 48.6 Å². The molecule has 5 heteroatoms. The van der Waals surface area contributed by atoms with E-state index in [2.05, 4.69) is 25.2 Å². The summed E-state index contributed by atoms with van der Waals surface area (Å²) in [7, 11) is 1.90. The molecule has 0 bridgehead atoms. The Morgan fingerprint density at radius 1 is 1.21 bits per heavy atom. The van der Waals surface area contributed by atoms with Crippen molar-refractivity contribution in [2.45, 2.75) is 39.7 Å². The summed E-state index contributed by atoms with van der Waals surface area (Å²) in [6.45, 7) is 6.20. The molecule has 0 amide bonds. The number of hydrogen-bond acceptors (Lipinski definition) is 3. The third-order valence-corrected chi connectivity index (χ3v) is 6.00. The molecule has 1 heterocycles. The minimum atomic E-state index is -0.581. The quantitative estimate of drug-likeness (QED) is 0.636. The number of Topliss-reactive ketones (excluding diaryl/α,β-unsaturated/α-hetero) is 1. The third kappa shape index (κ3) is 3.10. The fourth-order valence-corrected chi connectivity index (χ4v) is 4.67. The molecule has 2 aromatic rings. The van der Waals surface area contributed by atoms with E-state index in [1.54, 1.807) is 12.1 Å². The molecule has 2 aromatic carbocycles. The van der Waals surface area contributed by atoms with Crippen LogP contribution in [-0.4, -0.2) is 12.8 Å². The Kier molecular flexibility index (Phi) is 4.50. The van der Waals surface area contributed by atoms with Crippen molar-refractivity contribution < 1.29 is 9.18 Å². The van der Waals surface area contributed by atoms with Crippen LogP contribution in [0.4, 0.5) is 15.8 Å². The Morgan fingerprint density at radius 2 is 1.96 bits per heavy atom. The first-order valence-corrected chi connectivity index (χ1v) is 9.86. The van der Waals surface area contributed by atoms with E-state index in [-0.39, 0.29) is 11.2 Å². The fourth-order valence-electron chi connectivity index (χ4n) is 4.41. The Bertz CT molecular complexity index is 991. The number of allylic oxidation sites excluding steroid dienone is 1. The highest BCUT2D eigenvalue weighted by Crippen LogP contribution is 2.49. The Hall–Kier alpha value is -2.33. The van der Waals surface area contributed by atoms with Gasteiger partial charge in [0.2, 0.25) is 0 Å². The predicted octanol–water partition coefficient (Wildman–Crippen LogP) is 6.03. The lowest BCUT2D eigenvalue weighted by atomic mass is 9.73. The Labute approximate surface area is 170 Å². The highest BCUT2D eigenvalue weighted by Gasteiger charge is 2.41. The maximum Gasteiger partial charge on any atom is 0.163 e. The van der Waals surface area contributed by atoms with E-state index < -0.39 is 11.9 Å². The predicted molar refractivity (Wildman–Crippen MR) is 112 cm³/mol. The molecule has 1 atom stereocenters. The van der Waals surface area contributed by atoms with Gasteiger partial charge in [0.05, 0.1) is 17.4 Å². The average molecular weight is 399 g/mol. The molecule has 2 aliphatic rings. The van der Waals surface area contributed by atoms with Gasteiger partial charge in [-0.3, -0.25) is 4.79 Å². The highest BCUT2D eigenvalue weighted by atomic mass is 35.5. The molecule has 0 saturated heterocycles. The number of benzene rings is 2. The molecule has 4 rings (SSSR count). The second-order valence-electron chi connectivity index (χ2n) is 8.63. The van der Waals surface area contributed by atoms with Crippen LogP contribution in [-0.2, 0) is 4.79 Å². The molecule has 1 unspecified atom stereocenters. The number of likely N-dealkylation sites (N-methyl/N-ethyl adjacent to an activating group) is 1. The first kappa shape index (κ1) is 19.0. The number of carbonyl (C=O) groups excluding carboxylic acids is 1. The van der Waals surface area contributed by atoms with E-state index in [9.17, 15) is 9.18 Å². The van der Waals surface area contributed by atoms with Crippen molar-refractivity contribution in [3.63, 3.8) is 0 Å². The maximum absolute atomic E-state index is 15.0. The number of nitrogens with one attached hydrogen (secondary N) is 1. The number of halogens is 2. The number of hydrogen-bond donors (Lipinski definition) is 1. The summed E-state index contributed by atoms with van der Waals surface area (Å²) in [4.78, 5) is 15.2. The van der Waals surface area contributed by atoms with Gasteiger partial charge in [0.25, 0.3) is 0 Å². The van der Waals surface area contributed by atoms with E-state index in [1.165, 1.54) is 6.07 Å². The molecule has 1 N–H and O–H groups in total. The van der Waals surface area contributed by atoms with Crippen molar-refractivity contribution in [1.82, 2.24) is 0 Å². The monoisotopic (exact) mass is 398 g/mol. The molecular weight excluding hydrogens is 375 g/mol. The summed E-state index contributed by atoms with van der Waals surface area (Å²) in [6, 6.07) is 10.2. The van der Waals surface area contributed by atoms with Crippen LogP contribution in [0.2, 0.25) is 5.02 Å². The average Bonchev–Trinajstić information content (AvgIpc) is 2.70. The summed E-state index contributed by atoms with van der Waals surface area (Å²) < 4.78 is 15.0. The van der Waals surface area contributed by atoms with Crippen LogP contribution in [0.5, 0.6) is 0 Å². The summed E-state index contributed by atoms with van der Waals surface area (Å²) >= 11 is 6.45. The van der Waals surface area contributed by atoms with Crippen molar-refractivity contribution in [2.75, 3.05) is 17.3 Å². The lowest BCUT2D eigenvalue weighted by Crippen LogP contribution is -2.35. The number of ketones is 1. The number of anilines is 2. The van der Waals surface area contributed by atoms with Crippen LogP contribution in [0.25, 0.3) is 0 Å². The lowest BCUT2D eigenvalue weighted by Gasteiger charge is -2.36. The van der Waals surface area contributed by atoms with Gasteiger partial charge in [-0.25, -0.2) is 4.39 Å². The Balaban J connectivity index is 2.01. The van der Waals surface area contributed by atoms with Crippen molar-refractivity contribution in [3.05, 3.63) is 69.6 Å². The summed E-state index contributed by atoms with van der Waals surface area (Å²) in [5.41, 5.74) is 4.61. The van der Waals surface area contributed by atoms with Gasteiger partial charge in [-0.15, -0.1) is 0 Å². The molecule has 0 fully saturated rings. The minimum Gasteiger partial charge on any atom is -0.361 e. The third-order valence-electron chi connectivity index (χ3n) is 5.67. The van der Waals surface area contributed by atoms with Crippen LogP contribution in [0.15, 0.2) is 47.7 Å². The molecule has 0 aromatic heterocycles. The SMILES string of the molecule is Cc1ccc2c(c1)N(C)C(c1c(F)cccc1Cl)C1=C(CC(C)(C)CC1=O)N2. The molecule has 28 heavy (non-hydrogen) atoms. The van der Waals surface area contributed by atoms with Gasteiger partial charge in [0.15, 0.2) is 5.78 Å². The van der Waals surface area contributed by atoms with Crippen LogP contribution in [0.1, 0.15) is 43.9 Å². The van der Waals surface area contributed by atoms with E-state index in [0.717, 1.165) is 29.1 Å². The molecule has 0 radical (unpaired) electrons. The van der Waals surface area contributed by atoms with Gasteiger partial charge in [0, 0.05) is 35.3 Å². The summed E-state index contributed by atoms with van der Waals surface area (Å²) in [5, 5.41) is 3.83. The van der Waals surface area contributed by atoms with Crippen LogP contribution in [0.3, 0.4) is 0 Å². The van der Waals surface area contributed by atoms with E-state index in [4.69, 9.17) is 11.6 Å². The van der Waals surface area contributed by atoms with Gasteiger partial charge in [-0.1, -0.05) is 37.6 Å². The zero-order valence-corrected chi connectivity index (χ0v) is 17.3. The second-order valence-corrected chi connectivity index (χ2v) is 9.03. The van der Waals surface area contributed by atoms with Crippen molar-refractivity contribution in [3.8, 4) is 0 Å². The largest absolute Gasteiger partial charge is 0.361 e. The van der Waals surface area contributed by atoms with Gasteiger partial charge < -0.3 is 10.2 Å². The topological polar surface area (TPSA) is 32.3 Å². The van der Waals surface area contributed by atoms with Gasteiger partial charge in [0.1, 0.15) is 5.82 Å². The number of fused-ring (bicyclic) bond motifs is 1. The van der Waals surface area contributed by atoms with E-state index in [0.29, 0.717) is 22.6 Å². The number of rotatable bonds is 1. The molecule has 3 nitrogen and oxygen atoms in total. The van der Waals surface area contributed by atoms with Crippen LogP contribution < -0.4 is 10.2 Å². The second kappa shape index (κ2) is 6.63. The lowest BCUT2D eigenvalue weighted by molar-refractivity contribution is -0.118. The zero-order chi connectivity index (χ0) is 20.2. The standard InChI is InChI=1S/C23H24ClFN2O/c1-13-8-9-16-18(10-13)27(4)22(20-14(24)6-5-7-15(20)25)21-17(26-16)11-23(2,3)12-19(21)28/h5-10,22,26H,11-12H2,1-4H3. The van der Waals surface area contributed by atoms with Crippen molar-refractivity contribution >= 4 is 28.8 Å². The van der Waals surface area contributed by atoms with Crippen molar-refractivity contribution in [2.24, 2.45) is 5.41 Å². The smallest absolute Gasteiger partial charge is 0.163 e. The molecular formula is C23H24ClFN2O. The normalized spacial score (nSPS) is 21.0. The van der Waals surface area contributed by atoms with Gasteiger partial charge >= 0.3 is 0 Å². The molecule has 0 spiro atoms. The van der Waals surface area contributed by atoms with Gasteiger partial charge in [-0.2, -0.15) is 0 Å². The van der Waals surface area contributed by atoms with E-state index >= 15 is 0 Å². The number of nitrogens with zero attached hydrogens (tertiary/aromatic N) is 1. The number of aryl methyl sites for hydroxylation is 1. The maximum atomic E-state index is 15.0. The molecule has 1 aliphatic heterocycles. The molecule has 146 valence electrons. The fraction of sp³-hybridized carbons (Fsp3) is 0.348. The Morgan fingerprint density at radius 3 is 2.68 bits per heavy atom.